The average Bonchev–Trinajstić information content (AvgIpc) is 2.60. The highest BCUT2D eigenvalue weighted by molar-refractivity contribution is 7.89. The molecule has 0 amide bonds. The van der Waals surface area contributed by atoms with E-state index < -0.39 is 10.0 Å². The van der Waals surface area contributed by atoms with Gasteiger partial charge in [-0.05, 0) is 43.2 Å². The van der Waals surface area contributed by atoms with E-state index >= 15 is 0 Å². The second-order valence-electron chi connectivity index (χ2n) is 7.15. The number of sulfonamides is 1. The number of hydrogen-bond donors (Lipinski definition) is 1. The second-order valence-corrected chi connectivity index (χ2v) is 9.12. The molecule has 0 aromatic carbocycles. The van der Waals surface area contributed by atoms with Crippen LogP contribution in [0.5, 0.6) is 0 Å². The lowest BCUT2D eigenvalue weighted by Gasteiger charge is -2.34. The van der Waals surface area contributed by atoms with Gasteiger partial charge in [-0.15, -0.1) is 0 Å². The third kappa shape index (κ3) is 3.25. The van der Waals surface area contributed by atoms with Crippen LogP contribution in [-0.4, -0.2) is 44.7 Å². The van der Waals surface area contributed by atoms with Gasteiger partial charge < -0.3 is 5.32 Å². The zero-order valence-corrected chi connectivity index (χ0v) is 12.6. The molecule has 5 heteroatoms. The lowest BCUT2D eigenvalue weighted by atomic mass is 9.78. The maximum absolute atomic E-state index is 12.4. The average molecular weight is 274 g/mol. The van der Waals surface area contributed by atoms with Crippen LogP contribution in [0.4, 0.5) is 0 Å². The van der Waals surface area contributed by atoms with E-state index in [1.54, 1.807) is 4.31 Å². The first kappa shape index (κ1) is 14.3. The summed E-state index contributed by atoms with van der Waals surface area (Å²) in [7, 11) is -3.08. The van der Waals surface area contributed by atoms with Crippen LogP contribution in [0.15, 0.2) is 0 Å². The molecule has 0 atom stereocenters. The molecule has 2 rings (SSSR count). The number of rotatable bonds is 2. The molecule has 0 aromatic rings. The summed E-state index contributed by atoms with van der Waals surface area (Å²) in [6.45, 7) is 9.49. The Morgan fingerprint density at radius 3 is 2.33 bits per heavy atom. The molecular weight excluding hydrogens is 248 g/mol. The van der Waals surface area contributed by atoms with Crippen molar-refractivity contribution in [2.45, 2.75) is 40.0 Å². The summed E-state index contributed by atoms with van der Waals surface area (Å²) < 4.78 is 26.5. The van der Waals surface area contributed by atoms with Gasteiger partial charge in [-0.3, -0.25) is 0 Å². The van der Waals surface area contributed by atoms with E-state index in [-0.39, 0.29) is 16.6 Å². The highest BCUT2D eigenvalue weighted by Gasteiger charge is 2.43. The molecule has 1 N–H and O–H groups in total. The topological polar surface area (TPSA) is 49.4 Å². The van der Waals surface area contributed by atoms with Gasteiger partial charge in [-0.1, -0.05) is 20.8 Å². The molecule has 18 heavy (non-hydrogen) atoms. The number of hydrogen-bond acceptors (Lipinski definition) is 3. The Balaban J connectivity index is 2.04. The third-order valence-electron chi connectivity index (χ3n) is 4.08. The van der Waals surface area contributed by atoms with Crippen molar-refractivity contribution in [3.05, 3.63) is 0 Å². The highest BCUT2D eigenvalue weighted by atomic mass is 32.2. The van der Waals surface area contributed by atoms with Crippen molar-refractivity contribution in [3.63, 3.8) is 0 Å². The second kappa shape index (κ2) is 4.76. The summed E-state index contributed by atoms with van der Waals surface area (Å²) in [5.41, 5.74) is 0.0961. The van der Waals surface area contributed by atoms with Crippen LogP contribution in [0.1, 0.15) is 40.0 Å². The zero-order valence-electron chi connectivity index (χ0n) is 11.8. The molecule has 2 aliphatic rings. The number of piperidine rings is 1. The van der Waals surface area contributed by atoms with Gasteiger partial charge in [-0.2, -0.15) is 0 Å². The first-order valence-corrected chi connectivity index (χ1v) is 8.52. The fraction of sp³-hybridized carbons (Fsp3) is 1.00. The van der Waals surface area contributed by atoms with Crippen LogP contribution in [-0.2, 0) is 10.0 Å². The van der Waals surface area contributed by atoms with Gasteiger partial charge in [0.25, 0.3) is 0 Å². The Morgan fingerprint density at radius 1 is 1.17 bits per heavy atom. The van der Waals surface area contributed by atoms with Crippen molar-refractivity contribution in [1.29, 1.82) is 0 Å². The van der Waals surface area contributed by atoms with Gasteiger partial charge in [0.15, 0.2) is 0 Å². The predicted molar refractivity (Wildman–Crippen MR) is 74.0 cm³/mol. The first-order valence-electron chi connectivity index (χ1n) is 6.91. The third-order valence-corrected chi connectivity index (χ3v) is 6.41. The van der Waals surface area contributed by atoms with E-state index in [1.807, 2.05) is 20.8 Å². The van der Waals surface area contributed by atoms with E-state index in [4.69, 9.17) is 0 Å². The summed E-state index contributed by atoms with van der Waals surface area (Å²) in [4.78, 5) is 0. The Hall–Kier alpha value is -0.130. The Kier molecular flexibility index (Phi) is 3.78. The normalized spacial score (nSPS) is 25.7. The van der Waals surface area contributed by atoms with Crippen LogP contribution >= 0.6 is 0 Å². The van der Waals surface area contributed by atoms with Gasteiger partial charge in [0.2, 0.25) is 10.0 Å². The minimum absolute atomic E-state index is 0.164. The van der Waals surface area contributed by atoms with Gasteiger partial charge >= 0.3 is 0 Å². The summed E-state index contributed by atoms with van der Waals surface area (Å²) in [5.74, 6) is 0.258. The summed E-state index contributed by atoms with van der Waals surface area (Å²) in [6.07, 6.45) is 3.28. The smallest absolute Gasteiger partial charge is 0.214 e. The molecule has 2 fully saturated rings. The fourth-order valence-electron chi connectivity index (χ4n) is 3.14. The molecule has 0 aliphatic carbocycles. The minimum Gasteiger partial charge on any atom is -0.317 e. The molecule has 106 valence electrons. The summed E-state index contributed by atoms with van der Waals surface area (Å²) >= 11 is 0. The van der Waals surface area contributed by atoms with Gasteiger partial charge in [0.05, 0.1) is 5.75 Å². The van der Waals surface area contributed by atoms with Crippen molar-refractivity contribution in [1.82, 2.24) is 9.62 Å². The largest absolute Gasteiger partial charge is 0.317 e. The molecule has 1 spiro atoms. The maximum atomic E-state index is 12.4. The van der Waals surface area contributed by atoms with Gasteiger partial charge in [0.1, 0.15) is 0 Å². The highest BCUT2D eigenvalue weighted by Crippen LogP contribution is 2.40. The molecule has 0 bridgehead atoms. The lowest BCUT2D eigenvalue weighted by molar-refractivity contribution is 0.218. The van der Waals surface area contributed by atoms with Crippen molar-refractivity contribution in [3.8, 4) is 0 Å². The van der Waals surface area contributed by atoms with Crippen LogP contribution in [0.25, 0.3) is 0 Å². The molecule has 0 aromatic heterocycles. The molecule has 0 unspecified atom stereocenters. The maximum Gasteiger partial charge on any atom is 0.214 e. The Bertz CT molecular complexity index is 392. The van der Waals surface area contributed by atoms with Crippen LogP contribution in [0.2, 0.25) is 0 Å². The van der Waals surface area contributed by atoms with Crippen LogP contribution in [0, 0.1) is 10.8 Å². The molecule has 0 radical (unpaired) electrons. The van der Waals surface area contributed by atoms with E-state index in [0.717, 1.165) is 45.4 Å². The fourth-order valence-corrected chi connectivity index (χ4v) is 5.25. The molecular formula is C13H26N2O2S. The molecule has 2 saturated heterocycles. The van der Waals surface area contributed by atoms with E-state index in [1.165, 1.54) is 0 Å². The minimum atomic E-state index is -3.08. The van der Waals surface area contributed by atoms with E-state index in [9.17, 15) is 8.42 Å². The Morgan fingerprint density at radius 2 is 1.78 bits per heavy atom. The SMILES string of the molecule is CC(C)(C)CS(=O)(=O)N1CCC2(CCNCC2)C1. The van der Waals surface area contributed by atoms with E-state index in [0.29, 0.717) is 0 Å². The van der Waals surface area contributed by atoms with Crippen molar-refractivity contribution in [2.75, 3.05) is 31.9 Å². The summed E-state index contributed by atoms with van der Waals surface area (Å²) in [6, 6.07) is 0. The lowest BCUT2D eigenvalue weighted by Crippen LogP contribution is -2.41. The van der Waals surface area contributed by atoms with Crippen molar-refractivity contribution in [2.24, 2.45) is 10.8 Å². The van der Waals surface area contributed by atoms with Crippen LogP contribution in [0.3, 0.4) is 0 Å². The first-order chi connectivity index (χ1) is 8.23. The van der Waals surface area contributed by atoms with Crippen LogP contribution < -0.4 is 5.32 Å². The van der Waals surface area contributed by atoms with Gasteiger partial charge in [0, 0.05) is 13.1 Å². The Labute approximate surface area is 111 Å². The molecule has 2 aliphatic heterocycles. The van der Waals surface area contributed by atoms with E-state index in [2.05, 4.69) is 5.32 Å². The zero-order chi connectivity index (χ0) is 13.4. The standard InChI is InChI=1S/C13H26N2O2S/c1-12(2,3)11-18(16,17)15-9-6-13(10-15)4-7-14-8-5-13/h14H,4-11H2,1-3H3. The monoisotopic (exact) mass is 274 g/mol. The molecule has 4 nitrogen and oxygen atoms in total. The van der Waals surface area contributed by atoms with Crippen molar-refractivity contribution >= 4 is 10.0 Å². The summed E-state index contributed by atoms with van der Waals surface area (Å²) in [5, 5.41) is 3.36. The molecule has 0 saturated carbocycles. The molecule has 2 heterocycles. The van der Waals surface area contributed by atoms with Gasteiger partial charge in [-0.25, -0.2) is 12.7 Å². The quantitative estimate of drug-likeness (QED) is 0.829. The number of nitrogens with one attached hydrogen (secondary N) is 1. The van der Waals surface area contributed by atoms with Crippen molar-refractivity contribution < 1.29 is 8.42 Å². The number of nitrogens with zero attached hydrogens (tertiary/aromatic N) is 1. The predicted octanol–water partition coefficient (Wildman–Crippen LogP) is 1.44.